The number of rotatable bonds is 9. The fraction of sp³-hybridized carbons (Fsp3) is 0.406. The van der Waals surface area contributed by atoms with Crippen molar-refractivity contribution in [2.75, 3.05) is 38.3 Å². The minimum absolute atomic E-state index is 0.00620. The van der Waals surface area contributed by atoms with E-state index in [2.05, 4.69) is 9.62 Å². The SMILES string of the molecule is Cc1ccc(S(=O)(=O)Nc2ccc3c(c2)CC(=O)N([C@H](C)CO)C[C@H](C)[C@@H](CN(C)Cc2ccc4c(c2)OCO4)O3)cc1. The number of hydrogen-bond donors (Lipinski definition) is 2. The van der Waals surface area contributed by atoms with Gasteiger partial charge in [0.25, 0.3) is 10.0 Å². The molecular formula is C32H39N3O7S. The van der Waals surface area contributed by atoms with Crippen molar-refractivity contribution < 1.29 is 32.5 Å². The molecule has 0 spiro atoms. The third-order valence-corrected chi connectivity index (χ3v) is 9.28. The van der Waals surface area contributed by atoms with Crippen LogP contribution >= 0.6 is 0 Å². The zero-order chi connectivity index (χ0) is 30.7. The van der Waals surface area contributed by atoms with E-state index in [1.54, 1.807) is 47.4 Å². The standard InChI is InChI=1S/C32H39N3O7S/c1-21-5-9-27(10-6-21)43(38,39)33-26-8-12-28-25(14-26)15-32(37)35(23(3)19-36)16-22(2)31(42-28)18-34(4)17-24-7-11-29-30(13-24)41-20-40-29/h5-14,22-23,31,33,36H,15-20H2,1-4H3/t22-,23+,31+/m0/s1. The smallest absolute Gasteiger partial charge is 0.261 e. The summed E-state index contributed by atoms with van der Waals surface area (Å²) in [6, 6.07) is 17.1. The lowest BCUT2D eigenvalue weighted by Crippen LogP contribution is -2.47. The molecule has 43 heavy (non-hydrogen) atoms. The van der Waals surface area contributed by atoms with E-state index in [9.17, 15) is 18.3 Å². The number of fused-ring (bicyclic) bond motifs is 2. The van der Waals surface area contributed by atoms with Gasteiger partial charge in [0.05, 0.1) is 24.0 Å². The number of carbonyl (C=O) groups excluding carboxylic acids is 1. The van der Waals surface area contributed by atoms with Gasteiger partial charge >= 0.3 is 0 Å². The van der Waals surface area contributed by atoms with Gasteiger partial charge in [0.15, 0.2) is 11.5 Å². The largest absolute Gasteiger partial charge is 0.488 e. The number of nitrogens with zero attached hydrogens (tertiary/aromatic N) is 2. The lowest BCUT2D eigenvalue weighted by atomic mass is 10.0. The molecule has 0 radical (unpaired) electrons. The zero-order valence-electron chi connectivity index (χ0n) is 24.9. The van der Waals surface area contributed by atoms with E-state index >= 15 is 0 Å². The van der Waals surface area contributed by atoms with Crippen molar-refractivity contribution in [2.45, 2.75) is 50.8 Å². The van der Waals surface area contributed by atoms with Crippen LogP contribution in [0.25, 0.3) is 0 Å². The molecular weight excluding hydrogens is 570 g/mol. The molecule has 0 fully saturated rings. The fourth-order valence-electron chi connectivity index (χ4n) is 5.37. The fourth-order valence-corrected chi connectivity index (χ4v) is 6.41. The minimum Gasteiger partial charge on any atom is -0.488 e. The van der Waals surface area contributed by atoms with Gasteiger partial charge in [0.1, 0.15) is 11.9 Å². The average molecular weight is 610 g/mol. The number of hydrogen-bond acceptors (Lipinski definition) is 8. The van der Waals surface area contributed by atoms with Crippen LogP contribution in [0.3, 0.4) is 0 Å². The second kappa shape index (κ2) is 12.8. The Morgan fingerprint density at radius 2 is 1.77 bits per heavy atom. The average Bonchev–Trinajstić information content (AvgIpc) is 3.45. The number of nitrogens with one attached hydrogen (secondary N) is 1. The van der Waals surface area contributed by atoms with Gasteiger partial charge in [-0.25, -0.2) is 8.42 Å². The van der Waals surface area contributed by atoms with Crippen LogP contribution in [0.2, 0.25) is 0 Å². The van der Waals surface area contributed by atoms with Crippen LogP contribution in [0.5, 0.6) is 17.2 Å². The molecule has 5 rings (SSSR count). The lowest BCUT2D eigenvalue weighted by molar-refractivity contribution is -0.134. The normalized spacial score (nSPS) is 19.2. The Labute approximate surface area is 253 Å². The third-order valence-electron chi connectivity index (χ3n) is 7.88. The molecule has 0 bridgehead atoms. The number of aryl methyl sites for hydroxylation is 1. The molecule has 2 aliphatic rings. The number of amides is 1. The summed E-state index contributed by atoms with van der Waals surface area (Å²) in [7, 11) is -1.82. The highest BCUT2D eigenvalue weighted by Crippen LogP contribution is 2.33. The summed E-state index contributed by atoms with van der Waals surface area (Å²) in [6.45, 7) is 7.41. The van der Waals surface area contributed by atoms with E-state index in [-0.39, 0.29) is 48.7 Å². The number of aliphatic hydroxyl groups excluding tert-OH is 1. The van der Waals surface area contributed by atoms with E-state index < -0.39 is 10.0 Å². The Bertz CT molecular complexity index is 1560. The molecule has 0 saturated heterocycles. The van der Waals surface area contributed by atoms with Crippen molar-refractivity contribution in [1.82, 2.24) is 9.80 Å². The van der Waals surface area contributed by atoms with Crippen LogP contribution in [-0.4, -0.2) is 74.9 Å². The van der Waals surface area contributed by atoms with Gasteiger partial charge in [-0.15, -0.1) is 0 Å². The molecule has 2 aliphatic heterocycles. The van der Waals surface area contributed by atoms with Crippen LogP contribution in [0.15, 0.2) is 65.6 Å². The predicted octanol–water partition coefficient (Wildman–Crippen LogP) is 3.81. The highest BCUT2D eigenvalue weighted by Gasteiger charge is 2.31. The Morgan fingerprint density at radius 1 is 1.05 bits per heavy atom. The van der Waals surface area contributed by atoms with Gasteiger partial charge in [-0.2, -0.15) is 0 Å². The molecule has 3 aromatic rings. The molecule has 1 amide bonds. The number of sulfonamides is 1. The molecule has 2 heterocycles. The van der Waals surface area contributed by atoms with E-state index in [1.807, 2.05) is 46.0 Å². The van der Waals surface area contributed by atoms with E-state index in [1.165, 1.54) is 0 Å². The van der Waals surface area contributed by atoms with Gasteiger partial charge in [0, 0.05) is 36.8 Å². The van der Waals surface area contributed by atoms with Crippen LogP contribution in [0.1, 0.15) is 30.5 Å². The number of likely N-dealkylation sites (N-methyl/N-ethyl adjacent to an activating group) is 1. The minimum atomic E-state index is -3.83. The monoisotopic (exact) mass is 609 g/mol. The number of anilines is 1. The topological polar surface area (TPSA) is 118 Å². The van der Waals surface area contributed by atoms with Crippen LogP contribution in [0.4, 0.5) is 5.69 Å². The first-order chi connectivity index (χ1) is 20.5. The molecule has 10 nitrogen and oxygen atoms in total. The third kappa shape index (κ3) is 7.23. The van der Waals surface area contributed by atoms with E-state index in [0.717, 1.165) is 22.6 Å². The molecule has 230 valence electrons. The highest BCUT2D eigenvalue weighted by molar-refractivity contribution is 7.92. The van der Waals surface area contributed by atoms with Gasteiger partial charge < -0.3 is 24.2 Å². The number of benzene rings is 3. The highest BCUT2D eigenvalue weighted by atomic mass is 32.2. The first-order valence-electron chi connectivity index (χ1n) is 14.4. The Morgan fingerprint density at radius 3 is 2.51 bits per heavy atom. The summed E-state index contributed by atoms with van der Waals surface area (Å²) in [5, 5.41) is 9.93. The summed E-state index contributed by atoms with van der Waals surface area (Å²) in [5.74, 6) is 1.76. The quantitative estimate of drug-likeness (QED) is 0.376. The number of carbonyl (C=O) groups is 1. The lowest BCUT2D eigenvalue weighted by Gasteiger charge is -2.34. The maximum atomic E-state index is 13.5. The molecule has 3 atom stereocenters. The van der Waals surface area contributed by atoms with Crippen molar-refractivity contribution in [3.05, 3.63) is 77.4 Å². The van der Waals surface area contributed by atoms with Gasteiger partial charge in [0.2, 0.25) is 12.7 Å². The molecule has 0 saturated carbocycles. The second-order valence-corrected chi connectivity index (χ2v) is 13.2. The summed E-state index contributed by atoms with van der Waals surface area (Å²) in [4.78, 5) is 17.5. The number of aliphatic hydroxyl groups is 1. The van der Waals surface area contributed by atoms with Crippen molar-refractivity contribution in [3.8, 4) is 17.2 Å². The van der Waals surface area contributed by atoms with Gasteiger partial charge in [-0.1, -0.05) is 30.7 Å². The molecule has 0 aliphatic carbocycles. The summed E-state index contributed by atoms with van der Waals surface area (Å²) in [6.07, 6.45) is -0.293. The van der Waals surface area contributed by atoms with Crippen LogP contribution in [-0.2, 0) is 27.8 Å². The molecule has 11 heteroatoms. The Balaban J connectivity index is 1.40. The van der Waals surface area contributed by atoms with Crippen molar-refractivity contribution in [1.29, 1.82) is 0 Å². The van der Waals surface area contributed by atoms with Gasteiger partial charge in [-0.3, -0.25) is 14.4 Å². The first kappa shape index (κ1) is 30.7. The van der Waals surface area contributed by atoms with Crippen molar-refractivity contribution in [3.63, 3.8) is 0 Å². The summed E-state index contributed by atoms with van der Waals surface area (Å²) >= 11 is 0. The molecule has 2 N–H and O–H groups in total. The first-order valence-corrected chi connectivity index (χ1v) is 15.9. The summed E-state index contributed by atoms with van der Waals surface area (Å²) < 4.78 is 46.3. The Hall–Kier alpha value is -3.80. The maximum absolute atomic E-state index is 13.5. The molecule has 0 aromatic heterocycles. The van der Waals surface area contributed by atoms with Crippen molar-refractivity contribution in [2.24, 2.45) is 5.92 Å². The molecule has 0 unspecified atom stereocenters. The second-order valence-electron chi connectivity index (χ2n) is 11.5. The van der Waals surface area contributed by atoms with Crippen molar-refractivity contribution >= 4 is 21.6 Å². The number of ether oxygens (including phenoxy) is 3. The van der Waals surface area contributed by atoms with E-state index in [0.29, 0.717) is 36.6 Å². The summed E-state index contributed by atoms with van der Waals surface area (Å²) in [5.41, 5.74) is 2.93. The van der Waals surface area contributed by atoms with Crippen LogP contribution < -0.4 is 18.9 Å². The zero-order valence-corrected chi connectivity index (χ0v) is 25.8. The maximum Gasteiger partial charge on any atom is 0.261 e. The molecule has 3 aromatic carbocycles. The van der Waals surface area contributed by atoms with Gasteiger partial charge in [-0.05, 0) is 68.9 Å². The van der Waals surface area contributed by atoms with Crippen LogP contribution in [0, 0.1) is 12.8 Å². The predicted molar refractivity (Wildman–Crippen MR) is 163 cm³/mol. The Kier molecular flexibility index (Phi) is 9.14. The van der Waals surface area contributed by atoms with E-state index in [4.69, 9.17) is 14.2 Å².